The smallest absolute Gasteiger partial charge is 0.134 e. The molecule has 0 aliphatic rings. The second kappa shape index (κ2) is 6.59. The fraction of sp³-hybridized carbons (Fsp3) is 0.667. The molecular formula is C9H15BrO. The average Bonchev–Trinajstić information content (AvgIpc) is 1.86. The topological polar surface area (TPSA) is 17.1 Å². The normalized spacial score (nSPS) is 11.7. The summed E-state index contributed by atoms with van der Waals surface area (Å²) in [5.41, 5.74) is 0. The van der Waals surface area contributed by atoms with Gasteiger partial charge in [-0.3, -0.25) is 4.79 Å². The SMILES string of the molecule is CCCC/C=C(/Br)CC(C)=O. The van der Waals surface area contributed by atoms with Gasteiger partial charge in [0.2, 0.25) is 0 Å². The van der Waals surface area contributed by atoms with Crippen molar-refractivity contribution in [2.24, 2.45) is 0 Å². The van der Waals surface area contributed by atoms with Gasteiger partial charge in [0.25, 0.3) is 0 Å². The summed E-state index contributed by atoms with van der Waals surface area (Å²) < 4.78 is 1.03. The fourth-order valence-electron chi connectivity index (χ4n) is 0.773. The van der Waals surface area contributed by atoms with E-state index in [1.54, 1.807) is 6.92 Å². The molecule has 1 nitrogen and oxygen atoms in total. The number of rotatable bonds is 5. The number of ketones is 1. The Kier molecular flexibility index (Phi) is 6.52. The van der Waals surface area contributed by atoms with E-state index >= 15 is 0 Å². The van der Waals surface area contributed by atoms with Crippen LogP contribution in [0.1, 0.15) is 39.5 Å². The van der Waals surface area contributed by atoms with Gasteiger partial charge < -0.3 is 0 Å². The van der Waals surface area contributed by atoms with E-state index in [2.05, 4.69) is 28.9 Å². The lowest BCUT2D eigenvalue weighted by Gasteiger charge is -1.94. The predicted molar refractivity (Wildman–Crippen MR) is 51.8 cm³/mol. The van der Waals surface area contributed by atoms with Crippen molar-refractivity contribution in [3.8, 4) is 0 Å². The average molecular weight is 219 g/mol. The van der Waals surface area contributed by atoms with E-state index in [0.29, 0.717) is 6.42 Å². The molecule has 0 aromatic carbocycles. The maximum absolute atomic E-state index is 10.6. The molecule has 0 radical (unpaired) electrons. The molecule has 0 aromatic heterocycles. The van der Waals surface area contributed by atoms with Crippen molar-refractivity contribution in [3.63, 3.8) is 0 Å². The Labute approximate surface area is 77.0 Å². The van der Waals surface area contributed by atoms with E-state index in [9.17, 15) is 4.79 Å². The molecule has 0 heterocycles. The molecule has 64 valence electrons. The molecule has 11 heavy (non-hydrogen) atoms. The number of halogens is 1. The van der Waals surface area contributed by atoms with Crippen LogP contribution in [0.3, 0.4) is 0 Å². The highest BCUT2D eigenvalue weighted by atomic mass is 79.9. The van der Waals surface area contributed by atoms with Crippen LogP contribution >= 0.6 is 15.9 Å². The third-order valence-electron chi connectivity index (χ3n) is 1.34. The van der Waals surface area contributed by atoms with E-state index in [4.69, 9.17) is 0 Å². The van der Waals surface area contributed by atoms with Gasteiger partial charge in [0, 0.05) is 6.42 Å². The molecule has 0 spiro atoms. The van der Waals surface area contributed by atoms with Crippen molar-refractivity contribution in [1.82, 2.24) is 0 Å². The van der Waals surface area contributed by atoms with Crippen LogP contribution in [0.5, 0.6) is 0 Å². The molecule has 0 atom stereocenters. The minimum atomic E-state index is 0.213. The van der Waals surface area contributed by atoms with Gasteiger partial charge in [-0.25, -0.2) is 0 Å². The summed E-state index contributed by atoms with van der Waals surface area (Å²) in [5.74, 6) is 0.213. The third-order valence-corrected chi connectivity index (χ3v) is 1.95. The van der Waals surface area contributed by atoms with Crippen LogP contribution in [-0.2, 0) is 4.79 Å². The number of hydrogen-bond donors (Lipinski definition) is 0. The van der Waals surface area contributed by atoms with Crippen LogP contribution < -0.4 is 0 Å². The van der Waals surface area contributed by atoms with Gasteiger partial charge in [-0.05, 0) is 17.8 Å². The molecule has 0 N–H and O–H groups in total. The summed E-state index contributed by atoms with van der Waals surface area (Å²) in [6.45, 7) is 3.77. The molecule has 0 bridgehead atoms. The van der Waals surface area contributed by atoms with Crippen LogP contribution in [0.4, 0.5) is 0 Å². The molecular weight excluding hydrogens is 204 g/mol. The molecule has 2 heteroatoms. The third kappa shape index (κ3) is 7.79. The molecule has 0 aromatic rings. The first-order chi connectivity index (χ1) is 5.16. The van der Waals surface area contributed by atoms with Gasteiger partial charge in [0.1, 0.15) is 5.78 Å². The molecule has 0 unspecified atom stereocenters. The van der Waals surface area contributed by atoms with Crippen molar-refractivity contribution in [3.05, 3.63) is 10.6 Å². The zero-order valence-electron chi connectivity index (χ0n) is 7.19. The first-order valence-corrected chi connectivity index (χ1v) is 4.80. The molecule has 0 aliphatic heterocycles. The second-order valence-corrected chi connectivity index (χ2v) is 3.69. The highest BCUT2D eigenvalue weighted by Gasteiger charge is 1.95. The van der Waals surface area contributed by atoms with Crippen molar-refractivity contribution >= 4 is 21.7 Å². The number of hydrogen-bond acceptors (Lipinski definition) is 1. The predicted octanol–water partition coefficient (Wildman–Crippen LogP) is 3.43. The molecule has 0 rings (SSSR count). The van der Waals surface area contributed by atoms with Crippen molar-refractivity contribution in [1.29, 1.82) is 0 Å². The maximum Gasteiger partial charge on any atom is 0.134 e. The Morgan fingerprint density at radius 3 is 2.64 bits per heavy atom. The summed E-state index contributed by atoms with van der Waals surface area (Å²) in [5, 5.41) is 0. The zero-order valence-corrected chi connectivity index (χ0v) is 8.78. The number of Topliss-reactive ketones (excluding diaryl/α,β-unsaturated/α-hetero) is 1. The first kappa shape index (κ1) is 10.9. The van der Waals surface area contributed by atoms with Gasteiger partial charge in [0.15, 0.2) is 0 Å². The maximum atomic E-state index is 10.6. The van der Waals surface area contributed by atoms with Crippen LogP contribution in [0.25, 0.3) is 0 Å². The van der Waals surface area contributed by atoms with Crippen LogP contribution in [-0.4, -0.2) is 5.78 Å². The lowest BCUT2D eigenvalue weighted by molar-refractivity contribution is -0.116. The van der Waals surface area contributed by atoms with Crippen molar-refractivity contribution in [2.75, 3.05) is 0 Å². The number of unbranched alkanes of at least 4 members (excludes halogenated alkanes) is 2. The summed E-state index contributed by atoms with van der Waals surface area (Å²) >= 11 is 3.35. The summed E-state index contributed by atoms with van der Waals surface area (Å²) in [6, 6.07) is 0. The number of carbonyl (C=O) groups is 1. The quantitative estimate of drug-likeness (QED) is 0.647. The Morgan fingerprint density at radius 2 is 2.18 bits per heavy atom. The number of allylic oxidation sites excluding steroid dienone is 2. The largest absolute Gasteiger partial charge is 0.300 e. The standard InChI is InChI=1S/C9H15BrO/c1-3-4-5-6-9(10)7-8(2)11/h6H,3-5,7H2,1-2H3/b9-6+. The Hall–Kier alpha value is -0.110. The van der Waals surface area contributed by atoms with Gasteiger partial charge in [-0.1, -0.05) is 41.8 Å². The molecule has 0 saturated heterocycles. The molecule has 0 saturated carbocycles. The molecule has 0 aliphatic carbocycles. The van der Waals surface area contributed by atoms with E-state index in [1.807, 2.05) is 0 Å². The van der Waals surface area contributed by atoms with Crippen LogP contribution in [0, 0.1) is 0 Å². The van der Waals surface area contributed by atoms with Crippen molar-refractivity contribution < 1.29 is 4.79 Å². The summed E-state index contributed by atoms with van der Waals surface area (Å²) in [7, 11) is 0. The zero-order chi connectivity index (χ0) is 8.69. The lowest BCUT2D eigenvalue weighted by Crippen LogP contribution is -1.88. The van der Waals surface area contributed by atoms with Gasteiger partial charge in [-0.15, -0.1) is 0 Å². The van der Waals surface area contributed by atoms with Gasteiger partial charge in [0.05, 0.1) is 0 Å². The monoisotopic (exact) mass is 218 g/mol. The van der Waals surface area contributed by atoms with Gasteiger partial charge >= 0.3 is 0 Å². The Morgan fingerprint density at radius 1 is 1.55 bits per heavy atom. The summed E-state index contributed by atoms with van der Waals surface area (Å²) in [4.78, 5) is 10.6. The molecule has 0 fully saturated rings. The van der Waals surface area contributed by atoms with E-state index in [0.717, 1.165) is 10.9 Å². The van der Waals surface area contributed by atoms with Crippen molar-refractivity contribution in [2.45, 2.75) is 39.5 Å². The van der Waals surface area contributed by atoms with E-state index in [-0.39, 0.29) is 5.78 Å². The minimum Gasteiger partial charge on any atom is -0.300 e. The first-order valence-electron chi connectivity index (χ1n) is 4.00. The Balaban J connectivity index is 3.54. The Bertz CT molecular complexity index is 150. The van der Waals surface area contributed by atoms with E-state index < -0.39 is 0 Å². The molecule has 0 amide bonds. The van der Waals surface area contributed by atoms with E-state index in [1.165, 1.54) is 12.8 Å². The fourth-order valence-corrected chi connectivity index (χ4v) is 1.40. The highest BCUT2D eigenvalue weighted by Crippen LogP contribution is 2.12. The number of carbonyl (C=O) groups excluding carboxylic acids is 1. The van der Waals surface area contributed by atoms with Crippen LogP contribution in [0.15, 0.2) is 10.6 Å². The van der Waals surface area contributed by atoms with Crippen LogP contribution in [0.2, 0.25) is 0 Å². The highest BCUT2D eigenvalue weighted by molar-refractivity contribution is 9.11. The van der Waals surface area contributed by atoms with Gasteiger partial charge in [-0.2, -0.15) is 0 Å². The minimum absolute atomic E-state index is 0.213. The lowest BCUT2D eigenvalue weighted by atomic mass is 10.2. The summed E-state index contributed by atoms with van der Waals surface area (Å²) in [6.07, 6.45) is 6.11. The second-order valence-electron chi connectivity index (χ2n) is 2.67.